The van der Waals surface area contributed by atoms with E-state index in [-0.39, 0.29) is 11.9 Å². The summed E-state index contributed by atoms with van der Waals surface area (Å²) >= 11 is 0. The molecule has 1 atom stereocenters. The van der Waals surface area contributed by atoms with Crippen LogP contribution in [0.3, 0.4) is 0 Å². The van der Waals surface area contributed by atoms with Crippen LogP contribution in [0.15, 0.2) is 60.8 Å². The first kappa shape index (κ1) is 13.7. The Labute approximate surface area is 123 Å². The van der Waals surface area contributed by atoms with Crippen molar-refractivity contribution in [1.82, 2.24) is 10.3 Å². The van der Waals surface area contributed by atoms with E-state index in [4.69, 9.17) is 0 Å². The maximum atomic E-state index is 13.1. The third kappa shape index (κ3) is 2.93. The van der Waals surface area contributed by atoms with Crippen LogP contribution < -0.4 is 5.32 Å². The summed E-state index contributed by atoms with van der Waals surface area (Å²) in [7, 11) is 0. The number of rotatable bonds is 4. The predicted molar refractivity (Wildman–Crippen MR) is 83.7 cm³/mol. The Morgan fingerprint density at radius 1 is 1.05 bits per heavy atom. The lowest BCUT2D eigenvalue weighted by atomic mass is 9.97. The van der Waals surface area contributed by atoms with Crippen molar-refractivity contribution in [2.75, 3.05) is 6.54 Å². The lowest BCUT2D eigenvalue weighted by molar-refractivity contribution is 0.614. The van der Waals surface area contributed by atoms with Crippen LogP contribution in [-0.4, -0.2) is 11.5 Å². The van der Waals surface area contributed by atoms with Gasteiger partial charge in [0.05, 0.1) is 11.6 Å². The minimum Gasteiger partial charge on any atom is -0.307 e. The standard InChI is InChI=1S/C18H17FN2/c1-2-20-18(14-7-9-16(19)10-8-14)15-6-5-13-4-3-11-21-17(13)12-15/h3-12,18,20H,2H2,1H3. The van der Waals surface area contributed by atoms with Gasteiger partial charge in [0, 0.05) is 11.6 Å². The number of pyridine rings is 1. The van der Waals surface area contributed by atoms with Gasteiger partial charge in [0.1, 0.15) is 5.82 Å². The number of fused-ring (bicyclic) bond motifs is 1. The number of aromatic nitrogens is 1. The molecule has 2 nitrogen and oxygen atoms in total. The highest BCUT2D eigenvalue weighted by atomic mass is 19.1. The molecule has 0 amide bonds. The van der Waals surface area contributed by atoms with Gasteiger partial charge < -0.3 is 5.32 Å². The molecule has 0 radical (unpaired) electrons. The zero-order chi connectivity index (χ0) is 14.7. The van der Waals surface area contributed by atoms with Crippen LogP contribution in [0.2, 0.25) is 0 Å². The zero-order valence-electron chi connectivity index (χ0n) is 11.9. The van der Waals surface area contributed by atoms with Gasteiger partial charge in [0.2, 0.25) is 0 Å². The summed E-state index contributed by atoms with van der Waals surface area (Å²) in [5.41, 5.74) is 3.16. The van der Waals surface area contributed by atoms with Gasteiger partial charge in [-0.2, -0.15) is 0 Å². The Hall–Kier alpha value is -2.26. The maximum Gasteiger partial charge on any atom is 0.123 e. The molecule has 1 unspecified atom stereocenters. The quantitative estimate of drug-likeness (QED) is 0.779. The van der Waals surface area contributed by atoms with E-state index >= 15 is 0 Å². The van der Waals surface area contributed by atoms with Crippen molar-refractivity contribution in [3.63, 3.8) is 0 Å². The molecule has 0 saturated carbocycles. The Bertz CT molecular complexity index is 738. The summed E-state index contributed by atoms with van der Waals surface area (Å²) in [6.07, 6.45) is 1.80. The van der Waals surface area contributed by atoms with E-state index in [9.17, 15) is 4.39 Å². The van der Waals surface area contributed by atoms with E-state index in [1.165, 1.54) is 12.1 Å². The summed E-state index contributed by atoms with van der Waals surface area (Å²) in [4.78, 5) is 4.40. The summed E-state index contributed by atoms with van der Waals surface area (Å²) < 4.78 is 13.1. The van der Waals surface area contributed by atoms with Crippen molar-refractivity contribution in [2.24, 2.45) is 0 Å². The number of halogens is 1. The SMILES string of the molecule is CCNC(c1ccc(F)cc1)c1ccc2cccnc2c1. The van der Waals surface area contributed by atoms with E-state index in [0.29, 0.717) is 0 Å². The highest BCUT2D eigenvalue weighted by molar-refractivity contribution is 5.79. The Morgan fingerprint density at radius 2 is 1.81 bits per heavy atom. The van der Waals surface area contributed by atoms with Crippen molar-refractivity contribution in [1.29, 1.82) is 0 Å². The van der Waals surface area contributed by atoms with E-state index in [1.807, 2.05) is 24.3 Å². The zero-order valence-corrected chi connectivity index (χ0v) is 11.9. The number of hydrogen-bond donors (Lipinski definition) is 1. The van der Waals surface area contributed by atoms with Gasteiger partial charge in [0.25, 0.3) is 0 Å². The third-order valence-electron chi connectivity index (χ3n) is 3.57. The number of hydrogen-bond acceptors (Lipinski definition) is 2. The molecule has 0 spiro atoms. The Kier molecular flexibility index (Phi) is 3.93. The average molecular weight is 280 g/mol. The van der Waals surface area contributed by atoms with Crippen LogP contribution in [0.1, 0.15) is 24.1 Å². The Balaban J connectivity index is 2.04. The molecule has 106 valence electrons. The Morgan fingerprint density at radius 3 is 2.57 bits per heavy atom. The fraction of sp³-hybridized carbons (Fsp3) is 0.167. The number of benzene rings is 2. The van der Waals surface area contributed by atoms with Crippen LogP contribution >= 0.6 is 0 Å². The van der Waals surface area contributed by atoms with Gasteiger partial charge in [-0.1, -0.05) is 37.3 Å². The lowest BCUT2D eigenvalue weighted by Gasteiger charge is -2.19. The van der Waals surface area contributed by atoms with Gasteiger partial charge in [-0.05, 0) is 41.9 Å². The van der Waals surface area contributed by atoms with Gasteiger partial charge in [-0.25, -0.2) is 4.39 Å². The normalized spacial score (nSPS) is 12.5. The first-order valence-corrected chi connectivity index (χ1v) is 7.11. The molecule has 21 heavy (non-hydrogen) atoms. The fourth-order valence-corrected chi connectivity index (χ4v) is 2.55. The van der Waals surface area contributed by atoms with E-state index < -0.39 is 0 Å². The molecule has 0 saturated heterocycles. The first-order valence-electron chi connectivity index (χ1n) is 7.11. The second-order valence-corrected chi connectivity index (χ2v) is 5.00. The van der Waals surface area contributed by atoms with Crippen molar-refractivity contribution in [3.8, 4) is 0 Å². The minimum atomic E-state index is -0.214. The molecular formula is C18H17FN2. The van der Waals surface area contributed by atoms with Gasteiger partial charge in [0.15, 0.2) is 0 Å². The summed E-state index contributed by atoms with van der Waals surface area (Å²) in [5.74, 6) is -0.214. The van der Waals surface area contributed by atoms with Gasteiger partial charge in [-0.3, -0.25) is 4.98 Å². The maximum absolute atomic E-state index is 13.1. The molecule has 2 aromatic carbocycles. The van der Waals surface area contributed by atoms with Crippen molar-refractivity contribution < 1.29 is 4.39 Å². The summed E-state index contributed by atoms with van der Waals surface area (Å²) in [5, 5.41) is 4.57. The van der Waals surface area contributed by atoms with Gasteiger partial charge >= 0.3 is 0 Å². The molecule has 3 aromatic rings. The van der Waals surface area contributed by atoms with E-state index in [1.54, 1.807) is 6.20 Å². The summed E-state index contributed by atoms with van der Waals surface area (Å²) in [6.45, 7) is 2.90. The van der Waals surface area contributed by atoms with E-state index in [0.717, 1.165) is 28.6 Å². The molecular weight excluding hydrogens is 263 g/mol. The lowest BCUT2D eigenvalue weighted by Crippen LogP contribution is -2.22. The van der Waals surface area contributed by atoms with Crippen LogP contribution in [0.5, 0.6) is 0 Å². The van der Waals surface area contributed by atoms with Crippen molar-refractivity contribution in [3.05, 3.63) is 77.7 Å². The topological polar surface area (TPSA) is 24.9 Å². The highest BCUT2D eigenvalue weighted by Gasteiger charge is 2.13. The average Bonchev–Trinajstić information content (AvgIpc) is 2.53. The first-order chi connectivity index (χ1) is 10.3. The van der Waals surface area contributed by atoms with Crippen LogP contribution in [0.25, 0.3) is 10.9 Å². The third-order valence-corrected chi connectivity index (χ3v) is 3.57. The van der Waals surface area contributed by atoms with Crippen molar-refractivity contribution in [2.45, 2.75) is 13.0 Å². The number of nitrogens with zero attached hydrogens (tertiary/aromatic N) is 1. The van der Waals surface area contributed by atoms with Crippen LogP contribution in [0.4, 0.5) is 4.39 Å². The summed E-state index contributed by atoms with van der Waals surface area (Å²) in [6, 6.07) is 16.9. The smallest absolute Gasteiger partial charge is 0.123 e. The predicted octanol–water partition coefficient (Wildman–Crippen LogP) is 4.07. The largest absolute Gasteiger partial charge is 0.307 e. The van der Waals surface area contributed by atoms with Crippen molar-refractivity contribution >= 4 is 10.9 Å². The van der Waals surface area contributed by atoms with Gasteiger partial charge in [-0.15, -0.1) is 0 Å². The fourth-order valence-electron chi connectivity index (χ4n) is 2.55. The van der Waals surface area contributed by atoms with Crippen LogP contribution in [0, 0.1) is 5.82 Å². The second kappa shape index (κ2) is 6.02. The van der Waals surface area contributed by atoms with Crippen LogP contribution in [-0.2, 0) is 0 Å². The molecule has 1 aromatic heterocycles. The molecule has 0 aliphatic rings. The highest BCUT2D eigenvalue weighted by Crippen LogP contribution is 2.25. The number of nitrogens with one attached hydrogen (secondary N) is 1. The van der Waals surface area contributed by atoms with E-state index in [2.05, 4.69) is 35.4 Å². The molecule has 0 fully saturated rings. The molecule has 3 rings (SSSR count). The molecule has 1 heterocycles. The molecule has 0 bridgehead atoms. The molecule has 1 N–H and O–H groups in total. The second-order valence-electron chi connectivity index (χ2n) is 5.00. The molecule has 0 aliphatic carbocycles. The minimum absolute atomic E-state index is 0.0435. The molecule has 0 aliphatic heterocycles. The monoisotopic (exact) mass is 280 g/mol. The molecule has 3 heteroatoms.